The normalized spacial score (nSPS) is 12.1. The summed E-state index contributed by atoms with van der Waals surface area (Å²) in [7, 11) is -3.75. The average molecular weight is 508 g/mol. The van der Waals surface area contributed by atoms with E-state index in [0.717, 1.165) is 29.0 Å². The van der Waals surface area contributed by atoms with Crippen molar-refractivity contribution in [2.24, 2.45) is 0 Å². The summed E-state index contributed by atoms with van der Waals surface area (Å²) in [5.74, 6) is -0.758. The molecule has 1 N–H and O–H groups in total. The zero-order chi connectivity index (χ0) is 25.3. The second-order valence-corrected chi connectivity index (χ2v) is 10.4. The highest BCUT2D eigenvalue weighted by Gasteiger charge is 2.31. The van der Waals surface area contributed by atoms with Gasteiger partial charge in [-0.3, -0.25) is 13.9 Å². The van der Waals surface area contributed by atoms with E-state index in [2.05, 4.69) is 5.32 Å². The Morgan fingerprint density at radius 2 is 1.68 bits per heavy atom. The van der Waals surface area contributed by atoms with Gasteiger partial charge in [0.15, 0.2) is 0 Å². The molecule has 2 aromatic carbocycles. The van der Waals surface area contributed by atoms with Gasteiger partial charge < -0.3 is 10.2 Å². The highest BCUT2D eigenvalue weighted by molar-refractivity contribution is 7.92. The first-order valence-corrected chi connectivity index (χ1v) is 13.7. The van der Waals surface area contributed by atoms with E-state index < -0.39 is 28.5 Å². The standard InChI is InChI=1S/C25H34ClN3O4S/c1-5-16-27-25(31)23(7-3)28(17-20-10-8-9-11-22(20)26)24(30)18-29(34(4,32)33)21-14-12-19(6-2)13-15-21/h8-15,23H,5-7,16-18H2,1-4H3,(H,27,31)/t23-/m1/s1. The molecule has 0 saturated heterocycles. The molecule has 186 valence electrons. The molecular weight excluding hydrogens is 474 g/mol. The van der Waals surface area contributed by atoms with Crippen LogP contribution < -0.4 is 9.62 Å². The van der Waals surface area contributed by atoms with Crippen molar-refractivity contribution < 1.29 is 18.0 Å². The van der Waals surface area contributed by atoms with E-state index in [1.54, 1.807) is 36.4 Å². The van der Waals surface area contributed by atoms with Crippen LogP contribution in [-0.2, 0) is 32.6 Å². The Hall–Kier alpha value is -2.58. The molecule has 0 radical (unpaired) electrons. The van der Waals surface area contributed by atoms with Crippen LogP contribution in [0.3, 0.4) is 0 Å². The fourth-order valence-corrected chi connectivity index (χ4v) is 4.65. The largest absolute Gasteiger partial charge is 0.354 e. The van der Waals surface area contributed by atoms with Gasteiger partial charge in [-0.1, -0.05) is 62.7 Å². The number of rotatable bonds is 12. The van der Waals surface area contributed by atoms with E-state index in [4.69, 9.17) is 11.6 Å². The van der Waals surface area contributed by atoms with Crippen molar-refractivity contribution in [3.63, 3.8) is 0 Å². The SMILES string of the molecule is CCCNC(=O)[C@@H](CC)N(Cc1ccccc1Cl)C(=O)CN(c1ccc(CC)cc1)S(C)(=O)=O. The predicted molar refractivity (Wildman–Crippen MR) is 137 cm³/mol. The molecule has 2 rings (SSSR count). The molecule has 1 atom stereocenters. The number of benzene rings is 2. The Bertz CT molecular complexity index is 1070. The van der Waals surface area contributed by atoms with Gasteiger partial charge in [0.2, 0.25) is 21.8 Å². The lowest BCUT2D eigenvalue weighted by Gasteiger charge is -2.33. The number of carbonyl (C=O) groups excluding carboxylic acids is 2. The number of anilines is 1. The van der Waals surface area contributed by atoms with Crippen LogP contribution in [0, 0.1) is 0 Å². The first kappa shape index (κ1) is 27.7. The minimum atomic E-state index is -3.75. The van der Waals surface area contributed by atoms with Crippen molar-refractivity contribution in [3.05, 3.63) is 64.7 Å². The molecule has 2 aromatic rings. The highest BCUT2D eigenvalue weighted by atomic mass is 35.5. The first-order chi connectivity index (χ1) is 16.1. The molecule has 34 heavy (non-hydrogen) atoms. The Morgan fingerprint density at radius 3 is 2.21 bits per heavy atom. The summed E-state index contributed by atoms with van der Waals surface area (Å²) in [4.78, 5) is 27.9. The zero-order valence-corrected chi connectivity index (χ0v) is 21.8. The van der Waals surface area contributed by atoms with Crippen LogP contribution in [0.4, 0.5) is 5.69 Å². The van der Waals surface area contributed by atoms with E-state index in [0.29, 0.717) is 29.2 Å². The molecule has 0 heterocycles. The van der Waals surface area contributed by atoms with E-state index >= 15 is 0 Å². The van der Waals surface area contributed by atoms with Crippen molar-refractivity contribution in [2.75, 3.05) is 23.7 Å². The Kier molecular flexibility index (Phi) is 10.4. The molecule has 0 bridgehead atoms. The smallest absolute Gasteiger partial charge is 0.244 e. The molecule has 0 spiro atoms. The third-order valence-corrected chi connectivity index (χ3v) is 7.05. The van der Waals surface area contributed by atoms with Gasteiger partial charge in [-0.15, -0.1) is 0 Å². The molecular formula is C25H34ClN3O4S. The van der Waals surface area contributed by atoms with Gasteiger partial charge in [0.1, 0.15) is 12.6 Å². The molecule has 0 fully saturated rings. The number of hydrogen-bond donors (Lipinski definition) is 1. The number of amides is 2. The van der Waals surface area contributed by atoms with Crippen LogP contribution in [0.25, 0.3) is 0 Å². The molecule has 0 saturated carbocycles. The predicted octanol–water partition coefficient (Wildman–Crippen LogP) is 4.00. The van der Waals surface area contributed by atoms with Gasteiger partial charge in [-0.25, -0.2) is 8.42 Å². The monoisotopic (exact) mass is 507 g/mol. The number of aryl methyl sites for hydroxylation is 1. The Labute approximate surface area is 208 Å². The summed E-state index contributed by atoms with van der Waals surface area (Å²) in [6, 6.07) is 13.4. The molecule has 0 aliphatic rings. The lowest BCUT2D eigenvalue weighted by molar-refractivity contribution is -0.140. The van der Waals surface area contributed by atoms with Crippen molar-refractivity contribution in [2.45, 2.75) is 52.6 Å². The number of nitrogens with zero attached hydrogens (tertiary/aromatic N) is 2. The summed E-state index contributed by atoms with van der Waals surface area (Å²) < 4.78 is 26.3. The first-order valence-electron chi connectivity index (χ1n) is 11.5. The van der Waals surface area contributed by atoms with Gasteiger partial charge in [0.25, 0.3) is 0 Å². The van der Waals surface area contributed by atoms with Gasteiger partial charge in [0.05, 0.1) is 11.9 Å². The molecule has 0 aliphatic heterocycles. The third kappa shape index (κ3) is 7.46. The van der Waals surface area contributed by atoms with Crippen molar-refractivity contribution in [1.29, 1.82) is 0 Å². The minimum Gasteiger partial charge on any atom is -0.354 e. The van der Waals surface area contributed by atoms with E-state index in [1.165, 1.54) is 4.90 Å². The number of sulfonamides is 1. The third-order valence-electron chi connectivity index (χ3n) is 5.55. The van der Waals surface area contributed by atoms with Crippen molar-refractivity contribution in [3.8, 4) is 0 Å². The molecule has 0 aliphatic carbocycles. The number of hydrogen-bond acceptors (Lipinski definition) is 4. The molecule has 9 heteroatoms. The highest BCUT2D eigenvalue weighted by Crippen LogP contribution is 2.22. The van der Waals surface area contributed by atoms with Crippen molar-refractivity contribution in [1.82, 2.24) is 10.2 Å². The zero-order valence-electron chi connectivity index (χ0n) is 20.3. The Balaban J connectivity index is 2.42. The number of nitrogens with one attached hydrogen (secondary N) is 1. The second-order valence-electron chi connectivity index (χ2n) is 8.12. The molecule has 2 amide bonds. The average Bonchev–Trinajstić information content (AvgIpc) is 2.81. The fraction of sp³-hybridized carbons (Fsp3) is 0.440. The lowest BCUT2D eigenvalue weighted by atomic mass is 10.1. The van der Waals surface area contributed by atoms with E-state index in [-0.39, 0.29) is 12.5 Å². The van der Waals surface area contributed by atoms with Crippen molar-refractivity contribution >= 4 is 39.1 Å². The van der Waals surface area contributed by atoms with Gasteiger partial charge in [-0.05, 0) is 48.6 Å². The van der Waals surface area contributed by atoms with Gasteiger partial charge in [0, 0.05) is 18.1 Å². The van der Waals surface area contributed by atoms with Gasteiger partial charge >= 0.3 is 0 Å². The maximum Gasteiger partial charge on any atom is 0.244 e. The minimum absolute atomic E-state index is 0.0862. The topological polar surface area (TPSA) is 86.8 Å². The maximum atomic E-state index is 13.6. The summed E-state index contributed by atoms with van der Waals surface area (Å²) >= 11 is 6.34. The quantitative estimate of drug-likeness (QED) is 0.470. The van der Waals surface area contributed by atoms with E-state index in [1.807, 2.05) is 32.9 Å². The summed E-state index contributed by atoms with van der Waals surface area (Å²) in [6.45, 7) is 5.93. The number of halogens is 1. The van der Waals surface area contributed by atoms with E-state index in [9.17, 15) is 18.0 Å². The Morgan fingerprint density at radius 1 is 1.03 bits per heavy atom. The fourth-order valence-electron chi connectivity index (χ4n) is 3.61. The number of carbonyl (C=O) groups is 2. The maximum absolute atomic E-state index is 13.6. The molecule has 0 unspecified atom stereocenters. The van der Waals surface area contributed by atoms with Gasteiger partial charge in [-0.2, -0.15) is 0 Å². The van der Waals surface area contributed by atoms with Crippen LogP contribution in [0.1, 0.15) is 44.7 Å². The summed E-state index contributed by atoms with van der Waals surface area (Å²) in [5, 5.41) is 3.32. The lowest BCUT2D eigenvalue weighted by Crippen LogP contribution is -2.52. The van der Waals surface area contributed by atoms with Crippen LogP contribution >= 0.6 is 11.6 Å². The summed E-state index contributed by atoms with van der Waals surface area (Å²) in [5.41, 5.74) is 2.13. The van der Waals surface area contributed by atoms with Crippen LogP contribution in [0.15, 0.2) is 48.5 Å². The summed E-state index contributed by atoms with van der Waals surface area (Å²) in [6.07, 6.45) is 3.01. The second kappa shape index (κ2) is 12.8. The van der Waals surface area contributed by atoms with Crippen LogP contribution in [0.2, 0.25) is 5.02 Å². The molecule has 7 nitrogen and oxygen atoms in total. The van der Waals surface area contributed by atoms with Crippen LogP contribution in [0.5, 0.6) is 0 Å². The van der Waals surface area contributed by atoms with Crippen LogP contribution in [-0.4, -0.2) is 50.5 Å². The molecule has 0 aromatic heterocycles.